The van der Waals surface area contributed by atoms with E-state index in [-0.39, 0.29) is 7.33 Å². The van der Waals surface area contributed by atoms with Gasteiger partial charge in [-0.05, 0) is 47.9 Å². The van der Waals surface area contributed by atoms with Crippen LogP contribution in [0, 0.1) is 0 Å². The number of aromatic nitrogens is 1. The van der Waals surface area contributed by atoms with Crippen molar-refractivity contribution in [2.75, 3.05) is 0 Å². The van der Waals surface area contributed by atoms with Crippen LogP contribution in [-0.2, 0) is 13.0 Å². The SMILES string of the molecule is C=Cc1ccc2c(n1)CC=C2c1ccc2c(c1)CNC2=O.CC(F)F.[HH]. The highest BCUT2D eigenvalue weighted by atomic mass is 19.3. The average molecular weight is 342 g/mol. The molecule has 0 saturated heterocycles. The third kappa shape index (κ3) is 3.50. The fraction of sp³-hybridized carbons (Fsp3) is 0.200. The Morgan fingerprint density at radius 2 is 2.00 bits per heavy atom. The van der Waals surface area contributed by atoms with Crippen LogP contribution in [0.2, 0.25) is 0 Å². The molecule has 2 heterocycles. The maximum absolute atomic E-state index is 11.6. The van der Waals surface area contributed by atoms with E-state index in [9.17, 15) is 13.6 Å². The molecular formula is C20H20F2N2O. The minimum atomic E-state index is -2.17. The summed E-state index contributed by atoms with van der Waals surface area (Å²) in [5, 5.41) is 2.86. The van der Waals surface area contributed by atoms with Crippen LogP contribution in [0.5, 0.6) is 0 Å². The molecule has 1 amide bonds. The van der Waals surface area contributed by atoms with Crippen molar-refractivity contribution < 1.29 is 15.0 Å². The lowest BCUT2D eigenvalue weighted by atomic mass is 9.97. The second-order valence-electron chi connectivity index (χ2n) is 5.83. The van der Waals surface area contributed by atoms with Crippen molar-refractivity contribution in [2.24, 2.45) is 0 Å². The van der Waals surface area contributed by atoms with E-state index < -0.39 is 6.43 Å². The number of amides is 1. The fourth-order valence-electron chi connectivity index (χ4n) is 3.01. The van der Waals surface area contributed by atoms with Gasteiger partial charge in [-0.3, -0.25) is 9.78 Å². The van der Waals surface area contributed by atoms with Crippen LogP contribution in [0.4, 0.5) is 8.78 Å². The number of pyridine rings is 1. The molecule has 0 saturated carbocycles. The number of hydrogen-bond acceptors (Lipinski definition) is 2. The summed E-state index contributed by atoms with van der Waals surface area (Å²) >= 11 is 0. The Morgan fingerprint density at radius 3 is 2.72 bits per heavy atom. The van der Waals surface area contributed by atoms with E-state index in [0.717, 1.165) is 41.4 Å². The molecule has 2 aromatic rings. The zero-order chi connectivity index (χ0) is 18.0. The van der Waals surface area contributed by atoms with Crippen LogP contribution in [0.25, 0.3) is 11.6 Å². The van der Waals surface area contributed by atoms with E-state index in [1.807, 2.05) is 18.2 Å². The van der Waals surface area contributed by atoms with E-state index in [2.05, 4.69) is 35.1 Å². The first kappa shape index (κ1) is 17.0. The highest BCUT2D eigenvalue weighted by molar-refractivity contribution is 5.99. The van der Waals surface area contributed by atoms with Gasteiger partial charge in [-0.25, -0.2) is 8.78 Å². The molecule has 5 heteroatoms. The molecule has 25 heavy (non-hydrogen) atoms. The Bertz CT molecular complexity index is 875. The third-order valence-electron chi connectivity index (χ3n) is 4.09. The molecule has 1 N–H and O–H groups in total. The van der Waals surface area contributed by atoms with Crippen LogP contribution in [0.3, 0.4) is 0 Å². The molecule has 1 aliphatic heterocycles. The molecule has 2 aliphatic rings. The first-order valence-corrected chi connectivity index (χ1v) is 8.02. The first-order valence-electron chi connectivity index (χ1n) is 8.02. The molecule has 0 bridgehead atoms. The topological polar surface area (TPSA) is 42.0 Å². The highest BCUT2D eigenvalue weighted by Crippen LogP contribution is 2.33. The average Bonchev–Trinajstić information content (AvgIpc) is 3.17. The number of allylic oxidation sites excluding steroid dienone is 1. The quantitative estimate of drug-likeness (QED) is 0.875. The Balaban J connectivity index is 0.000000444. The number of hydrogen-bond donors (Lipinski definition) is 1. The van der Waals surface area contributed by atoms with Gasteiger partial charge < -0.3 is 5.32 Å². The predicted octanol–water partition coefficient (Wildman–Crippen LogP) is 4.47. The summed E-state index contributed by atoms with van der Waals surface area (Å²) in [5.74, 6) is 0.0228. The summed E-state index contributed by atoms with van der Waals surface area (Å²) in [6.45, 7) is 5.22. The van der Waals surface area contributed by atoms with E-state index in [1.165, 1.54) is 11.1 Å². The van der Waals surface area contributed by atoms with Gasteiger partial charge in [-0.2, -0.15) is 0 Å². The predicted molar refractivity (Wildman–Crippen MR) is 96.5 cm³/mol. The highest BCUT2D eigenvalue weighted by Gasteiger charge is 2.22. The van der Waals surface area contributed by atoms with Crippen molar-refractivity contribution in [3.05, 3.63) is 76.6 Å². The maximum atomic E-state index is 11.6. The third-order valence-corrected chi connectivity index (χ3v) is 4.09. The minimum Gasteiger partial charge on any atom is -0.348 e. The summed E-state index contributed by atoms with van der Waals surface area (Å²) in [5.41, 5.74) is 7.40. The number of benzene rings is 1. The summed E-state index contributed by atoms with van der Waals surface area (Å²) in [6, 6.07) is 10.1. The number of alkyl halides is 2. The lowest BCUT2D eigenvalue weighted by molar-refractivity contribution is 0.0965. The molecule has 3 nitrogen and oxygen atoms in total. The zero-order valence-corrected chi connectivity index (χ0v) is 13.9. The van der Waals surface area contributed by atoms with Gasteiger partial charge in [0.15, 0.2) is 0 Å². The van der Waals surface area contributed by atoms with Crippen LogP contribution in [0.15, 0.2) is 43.0 Å². The van der Waals surface area contributed by atoms with E-state index in [4.69, 9.17) is 0 Å². The molecule has 0 atom stereocenters. The molecule has 0 spiro atoms. The number of nitrogens with zero attached hydrogens (tertiary/aromatic N) is 1. The van der Waals surface area contributed by atoms with Crippen molar-refractivity contribution in [3.8, 4) is 0 Å². The summed E-state index contributed by atoms with van der Waals surface area (Å²) in [7, 11) is 0. The Labute approximate surface area is 146 Å². The summed E-state index contributed by atoms with van der Waals surface area (Å²) in [4.78, 5) is 16.2. The molecule has 4 rings (SSSR count). The normalized spacial score (nSPS) is 14.2. The van der Waals surface area contributed by atoms with Crippen LogP contribution >= 0.6 is 0 Å². The van der Waals surface area contributed by atoms with Gasteiger partial charge in [0, 0.05) is 25.5 Å². The van der Waals surface area contributed by atoms with Crippen LogP contribution in [-0.4, -0.2) is 17.3 Å². The Morgan fingerprint density at radius 1 is 1.28 bits per heavy atom. The number of fused-ring (bicyclic) bond motifs is 2. The van der Waals surface area contributed by atoms with Crippen molar-refractivity contribution in [2.45, 2.75) is 26.3 Å². The van der Waals surface area contributed by atoms with Gasteiger partial charge in [0.2, 0.25) is 6.43 Å². The van der Waals surface area contributed by atoms with Crippen molar-refractivity contribution in [1.29, 1.82) is 0 Å². The zero-order valence-electron chi connectivity index (χ0n) is 13.9. The van der Waals surface area contributed by atoms with Crippen molar-refractivity contribution >= 4 is 17.6 Å². The maximum Gasteiger partial charge on any atom is 0.251 e. The van der Waals surface area contributed by atoms with Gasteiger partial charge in [-0.15, -0.1) is 0 Å². The minimum absolute atomic E-state index is 0. The standard InChI is InChI=1S/C18H14N2O.C2H4F2.H2/c1-2-13-4-6-16-14(7-8-17(16)20-13)11-3-5-15-12(9-11)10-19-18(15)21;1-2(3)4;/h2-7,9H,1,8,10H2,(H,19,21);2H,1H3;1H. The second-order valence-corrected chi connectivity index (χ2v) is 5.83. The van der Waals surface area contributed by atoms with Gasteiger partial charge in [0.05, 0.1) is 11.4 Å². The van der Waals surface area contributed by atoms with E-state index in [0.29, 0.717) is 6.54 Å². The van der Waals surface area contributed by atoms with Crippen LogP contribution in [0.1, 0.15) is 46.8 Å². The molecule has 130 valence electrons. The number of nitrogens with one attached hydrogen (secondary N) is 1. The van der Waals surface area contributed by atoms with Gasteiger partial charge in [0.1, 0.15) is 0 Å². The summed E-state index contributed by atoms with van der Waals surface area (Å²) < 4.78 is 20.7. The van der Waals surface area contributed by atoms with E-state index >= 15 is 0 Å². The number of rotatable bonds is 2. The monoisotopic (exact) mass is 342 g/mol. The number of halogens is 2. The van der Waals surface area contributed by atoms with Crippen molar-refractivity contribution in [3.63, 3.8) is 0 Å². The molecule has 1 aliphatic carbocycles. The van der Waals surface area contributed by atoms with Gasteiger partial charge in [-0.1, -0.05) is 24.8 Å². The fourth-order valence-corrected chi connectivity index (χ4v) is 3.01. The molecule has 0 fully saturated rings. The molecule has 1 aromatic heterocycles. The van der Waals surface area contributed by atoms with Crippen molar-refractivity contribution in [1.82, 2.24) is 10.3 Å². The van der Waals surface area contributed by atoms with Crippen LogP contribution < -0.4 is 5.32 Å². The molecule has 0 radical (unpaired) electrons. The second kappa shape index (κ2) is 6.97. The lowest BCUT2D eigenvalue weighted by Gasteiger charge is -2.08. The van der Waals surface area contributed by atoms with Gasteiger partial charge in [0.25, 0.3) is 5.91 Å². The number of carbonyl (C=O) groups is 1. The first-order chi connectivity index (χ1) is 12.0. The Kier molecular flexibility index (Phi) is 4.74. The number of carbonyl (C=O) groups excluding carboxylic acids is 1. The van der Waals surface area contributed by atoms with E-state index in [1.54, 1.807) is 6.08 Å². The molecular weight excluding hydrogens is 322 g/mol. The summed E-state index contributed by atoms with van der Waals surface area (Å²) in [6.07, 6.45) is 2.65. The molecule has 1 aromatic carbocycles. The van der Waals surface area contributed by atoms with Gasteiger partial charge >= 0.3 is 0 Å². The Hall–Kier alpha value is -2.82. The smallest absolute Gasteiger partial charge is 0.251 e. The molecule has 0 unspecified atom stereocenters. The largest absolute Gasteiger partial charge is 0.348 e. The lowest BCUT2D eigenvalue weighted by Crippen LogP contribution is -2.12.